The van der Waals surface area contributed by atoms with Gasteiger partial charge in [0.05, 0.1) is 11.3 Å². The minimum atomic E-state index is -1.05. The molecule has 0 saturated carbocycles. The largest absolute Gasteiger partial charge is 0.446 e. The van der Waals surface area contributed by atoms with Crippen molar-refractivity contribution in [2.75, 3.05) is 37.7 Å². The highest BCUT2D eigenvalue weighted by Gasteiger charge is 2.39. The summed E-state index contributed by atoms with van der Waals surface area (Å²) in [6.07, 6.45) is 0.958. The number of imide groups is 1. The van der Waals surface area contributed by atoms with Crippen LogP contribution in [0.3, 0.4) is 0 Å². The fourth-order valence-corrected chi connectivity index (χ4v) is 4.31. The van der Waals surface area contributed by atoms with Gasteiger partial charge < -0.3 is 20.3 Å². The highest BCUT2D eigenvalue weighted by molar-refractivity contribution is 5.92. The van der Waals surface area contributed by atoms with Crippen LogP contribution in [0.2, 0.25) is 0 Å². The van der Waals surface area contributed by atoms with Gasteiger partial charge in [-0.3, -0.25) is 0 Å². The van der Waals surface area contributed by atoms with E-state index in [1.807, 2.05) is 24.3 Å². The van der Waals surface area contributed by atoms with Gasteiger partial charge in [0.25, 0.3) is 0 Å². The first-order valence-electron chi connectivity index (χ1n) is 11.1. The topological polar surface area (TPSA) is 97.7 Å². The molecule has 178 valence electrons. The number of hydrogen-bond donors (Lipinski definition) is 2. The van der Waals surface area contributed by atoms with Crippen molar-refractivity contribution in [3.05, 3.63) is 65.2 Å². The van der Waals surface area contributed by atoms with E-state index in [2.05, 4.69) is 21.6 Å². The highest BCUT2D eigenvalue weighted by atomic mass is 19.2. The number of anilines is 1. The summed E-state index contributed by atoms with van der Waals surface area (Å²) in [5.41, 5.74) is 1.89. The van der Waals surface area contributed by atoms with Gasteiger partial charge in [-0.25, -0.2) is 23.3 Å². The van der Waals surface area contributed by atoms with Gasteiger partial charge in [-0.1, -0.05) is 18.2 Å². The van der Waals surface area contributed by atoms with Crippen molar-refractivity contribution in [2.24, 2.45) is 0 Å². The molecule has 0 spiro atoms. The summed E-state index contributed by atoms with van der Waals surface area (Å²) in [7, 11) is 0. The number of carbonyl (C=O) groups excluding carboxylic acids is 2. The van der Waals surface area contributed by atoms with Gasteiger partial charge in [-0.15, -0.1) is 0 Å². The smallest absolute Gasteiger partial charge is 0.418 e. The Hall–Kier alpha value is -3.71. The van der Waals surface area contributed by atoms with Gasteiger partial charge in [-0.05, 0) is 42.7 Å². The summed E-state index contributed by atoms with van der Waals surface area (Å²) < 4.78 is 31.8. The number of amides is 3. The van der Waals surface area contributed by atoms with Gasteiger partial charge in [0, 0.05) is 32.2 Å². The standard InChI is InChI=1S/C24H25F2N5O3/c25-19-6-5-16(13-20(19)26)22-15-34-24(33)31(22)23(32)29-10-9-28-18-7-11-30(12-8-18)21-4-2-1-3-17(21)14-27/h1-6,13,18,22,28H,7-12,15H2,(H,29,32). The Morgan fingerprint density at radius 1 is 1.12 bits per heavy atom. The molecule has 10 heteroatoms. The number of benzene rings is 2. The molecular formula is C24H25F2N5O3. The third-order valence-corrected chi connectivity index (χ3v) is 6.11. The Balaban J connectivity index is 1.23. The number of piperidine rings is 1. The van der Waals surface area contributed by atoms with Crippen LogP contribution in [0.5, 0.6) is 0 Å². The number of carbonyl (C=O) groups is 2. The van der Waals surface area contributed by atoms with Crippen molar-refractivity contribution >= 4 is 17.8 Å². The summed E-state index contributed by atoms with van der Waals surface area (Å²) in [5.74, 6) is -2.06. The zero-order chi connectivity index (χ0) is 24.1. The maximum Gasteiger partial charge on any atom is 0.418 e. The van der Waals surface area contributed by atoms with E-state index in [9.17, 15) is 23.6 Å². The van der Waals surface area contributed by atoms with E-state index < -0.39 is 29.8 Å². The zero-order valence-corrected chi connectivity index (χ0v) is 18.5. The third-order valence-electron chi connectivity index (χ3n) is 6.11. The first-order valence-corrected chi connectivity index (χ1v) is 11.1. The fourth-order valence-electron chi connectivity index (χ4n) is 4.31. The Kier molecular flexibility index (Phi) is 7.23. The number of rotatable bonds is 6. The fraction of sp³-hybridized carbons (Fsp3) is 0.375. The molecule has 4 rings (SSSR count). The van der Waals surface area contributed by atoms with E-state index >= 15 is 0 Å². The molecule has 2 aromatic carbocycles. The predicted molar refractivity (Wildman–Crippen MR) is 120 cm³/mol. The van der Waals surface area contributed by atoms with Crippen LogP contribution in [0.15, 0.2) is 42.5 Å². The molecule has 2 aliphatic heterocycles. The van der Waals surface area contributed by atoms with E-state index in [0.717, 1.165) is 48.7 Å². The molecule has 2 N–H and O–H groups in total. The first kappa shape index (κ1) is 23.4. The minimum absolute atomic E-state index is 0.122. The van der Waals surface area contributed by atoms with E-state index in [4.69, 9.17) is 4.74 Å². The van der Waals surface area contributed by atoms with Crippen LogP contribution in [0, 0.1) is 23.0 Å². The van der Waals surface area contributed by atoms with Crippen LogP contribution in [0.4, 0.5) is 24.1 Å². The number of nitriles is 1. The molecule has 2 aliphatic rings. The molecule has 2 heterocycles. The molecular weight excluding hydrogens is 444 g/mol. The Morgan fingerprint density at radius 3 is 2.62 bits per heavy atom. The average molecular weight is 469 g/mol. The summed E-state index contributed by atoms with van der Waals surface area (Å²) in [6.45, 7) is 2.30. The maximum atomic E-state index is 13.6. The number of hydrogen-bond acceptors (Lipinski definition) is 6. The molecule has 0 aliphatic carbocycles. The second-order valence-corrected chi connectivity index (χ2v) is 8.21. The number of ether oxygens (including phenoxy) is 1. The molecule has 2 saturated heterocycles. The lowest BCUT2D eigenvalue weighted by atomic mass is 10.0. The summed E-state index contributed by atoms with van der Waals surface area (Å²) in [5, 5.41) is 15.4. The molecule has 34 heavy (non-hydrogen) atoms. The van der Waals surface area contributed by atoms with Crippen LogP contribution in [0.1, 0.15) is 30.0 Å². The Labute approximate surface area is 196 Å². The van der Waals surface area contributed by atoms with Gasteiger partial charge in [-0.2, -0.15) is 5.26 Å². The SMILES string of the molecule is N#Cc1ccccc1N1CCC(NCCNC(=O)N2C(=O)OCC2c2ccc(F)c(F)c2)CC1. The first-order chi connectivity index (χ1) is 16.5. The minimum Gasteiger partial charge on any atom is -0.446 e. The summed E-state index contributed by atoms with van der Waals surface area (Å²) in [6, 6.07) is 11.8. The Bertz CT molecular complexity index is 1100. The Morgan fingerprint density at radius 2 is 1.88 bits per heavy atom. The van der Waals surface area contributed by atoms with Crippen molar-refractivity contribution in [3.8, 4) is 6.07 Å². The predicted octanol–water partition coefficient (Wildman–Crippen LogP) is 3.30. The van der Waals surface area contributed by atoms with Gasteiger partial charge in [0.15, 0.2) is 11.6 Å². The number of cyclic esters (lactones) is 1. The number of halogens is 2. The van der Waals surface area contributed by atoms with Crippen LogP contribution < -0.4 is 15.5 Å². The number of nitrogens with zero attached hydrogens (tertiary/aromatic N) is 3. The lowest BCUT2D eigenvalue weighted by molar-refractivity contribution is 0.158. The number of para-hydroxylation sites is 1. The monoisotopic (exact) mass is 469 g/mol. The second kappa shape index (κ2) is 10.5. The second-order valence-electron chi connectivity index (χ2n) is 8.21. The molecule has 0 radical (unpaired) electrons. The van der Waals surface area contributed by atoms with Crippen LogP contribution in [0.25, 0.3) is 0 Å². The molecule has 3 amide bonds. The van der Waals surface area contributed by atoms with Crippen LogP contribution >= 0.6 is 0 Å². The third kappa shape index (κ3) is 5.10. The lowest BCUT2D eigenvalue weighted by Crippen LogP contribution is -2.47. The quantitative estimate of drug-likeness (QED) is 0.630. The molecule has 1 unspecified atom stereocenters. The summed E-state index contributed by atoms with van der Waals surface area (Å²) >= 11 is 0. The van der Waals surface area contributed by atoms with E-state index in [-0.39, 0.29) is 24.8 Å². The molecule has 2 fully saturated rings. The van der Waals surface area contributed by atoms with Crippen molar-refractivity contribution in [3.63, 3.8) is 0 Å². The van der Waals surface area contributed by atoms with Crippen LogP contribution in [-0.2, 0) is 4.74 Å². The normalized spacial score (nSPS) is 18.5. The van der Waals surface area contributed by atoms with Crippen molar-refractivity contribution in [2.45, 2.75) is 24.9 Å². The zero-order valence-electron chi connectivity index (χ0n) is 18.5. The number of nitrogens with one attached hydrogen (secondary N) is 2. The highest BCUT2D eigenvalue weighted by Crippen LogP contribution is 2.28. The van der Waals surface area contributed by atoms with Gasteiger partial charge >= 0.3 is 12.1 Å². The van der Waals surface area contributed by atoms with E-state index in [1.54, 1.807) is 0 Å². The van der Waals surface area contributed by atoms with Crippen molar-refractivity contribution < 1.29 is 23.1 Å². The van der Waals surface area contributed by atoms with E-state index in [1.165, 1.54) is 6.07 Å². The molecule has 1 atom stereocenters. The molecule has 0 aromatic heterocycles. The van der Waals surface area contributed by atoms with Gasteiger partial charge in [0.1, 0.15) is 18.7 Å². The molecule has 8 nitrogen and oxygen atoms in total. The lowest BCUT2D eigenvalue weighted by Gasteiger charge is -2.34. The average Bonchev–Trinajstić information content (AvgIpc) is 3.25. The molecule has 2 aromatic rings. The van der Waals surface area contributed by atoms with Crippen LogP contribution in [-0.4, -0.2) is 55.9 Å². The molecule has 0 bridgehead atoms. The number of urea groups is 1. The van der Waals surface area contributed by atoms with Crippen molar-refractivity contribution in [1.29, 1.82) is 5.26 Å². The maximum absolute atomic E-state index is 13.6. The van der Waals surface area contributed by atoms with Gasteiger partial charge in [0.2, 0.25) is 0 Å². The van der Waals surface area contributed by atoms with Crippen molar-refractivity contribution in [1.82, 2.24) is 15.5 Å². The summed E-state index contributed by atoms with van der Waals surface area (Å²) in [4.78, 5) is 27.7. The van der Waals surface area contributed by atoms with E-state index in [0.29, 0.717) is 12.1 Å².